The highest BCUT2D eigenvalue weighted by molar-refractivity contribution is 7.09. The van der Waals surface area contributed by atoms with Crippen LogP contribution < -0.4 is 5.32 Å². The van der Waals surface area contributed by atoms with Crippen LogP contribution in [0.15, 0.2) is 5.38 Å². The van der Waals surface area contributed by atoms with E-state index in [4.69, 9.17) is 4.74 Å². The Morgan fingerprint density at radius 2 is 2.32 bits per heavy atom. The second kappa shape index (κ2) is 6.79. The average molecular weight is 283 g/mol. The first kappa shape index (κ1) is 14.9. The summed E-state index contributed by atoms with van der Waals surface area (Å²) in [6.07, 6.45) is 0.291. The van der Waals surface area contributed by atoms with Crippen molar-refractivity contribution in [1.82, 2.24) is 15.2 Å². The molecule has 2 atom stereocenters. The van der Waals surface area contributed by atoms with Crippen molar-refractivity contribution in [3.05, 3.63) is 16.1 Å². The number of nitrogens with zero attached hydrogens (tertiary/aromatic N) is 2. The topological polar surface area (TPSA) is 37.4 Å². The number of thiazole rings is 1. The molecule has 0 bridgehead atoms. The van der Waals surface area contributed by atoms with Gasteiger partial charge in [-0.25, -0.2) is 4.98 Å². The lowest BCUT2D eigenvalue weighted by Gasteiger charge is -2.35. The van der Waals surface area contributed by atoms with Crippen LogP contribution in [0.3, 0.4) is 0 Å². The molecule has 2 heterocycles. The largest absolute Gasteiger partial charge is 0.374 e. The Balaban J connectivity index is 1.78. The summed E-state index contributed by atoms with van der Waals surface area (Å²) in [6, 6.07) is 0.905. The van der Waals surface area contributed by atoms with Gasteiger partial charge >= 0.3 is 0 Å². The minimum absolute atomic E-state index is 0.291. The molecule has 0 aromatic carbocycles. The molecule has 1 aromatic heterocycles. The van der Waals surface area contributed by atoms with Crippen molar-refractivity contribution in [3.8, 4) is 0 Å². The number of aromatic nitrogens is 1. The van der Waals surface area contributed by atoms with Gasteiger partial charge in [0.15, 0.2) is 0 Å². The fraction of sp³-hybridized carbons (Fsp3) is 0.786. The van der Waals surface area contributed by atoms with Gasteiger partial charge in [0.1, 0.15) is 5.01 Å². The molecular formula is C14H25N3OS. The maximum absolute atomic E-state index is 5.83. The van der Waals surface area contributed by atoms with Crippen LogP contribution >= 0.6 is 11.3 Å². The van der Waals surface area contributed by atoms with E-state index in [1.54, 1.807) is 11.3 Å². The zero-order chi connectivity index (χ0) is 13.8. The first-order valence-electron chi connectivity index (χ1n) is 7.07. The van der Waals surface area contributed by atoms with E-state index in [0.29, 0.717) is 18.2 Å². The number of hydrogen-bond donors (Lipinski definition) is 1. The molecule has 1 fully saturated rings. The molecule has 0 radical (unpaired) electrons. The van der Waals surface area contributed by atoms with Crippen LogP contribution in [0.25, 0.3) is 0 Å². The molecule has 1 aromatic rings. The Morgan fingerprint density at radius 3 is 2.95 bits per heavy atom. The highest BCUT2D eigenvalue weighted by Crippen LogP contribution is 2.17. The van der Waals surface area contributed by atoms with Crippen molar-refractivity contribution in [1.29, 1.82) is 0 Å². The lowest BCUT2D eigenvalue weighted by Crippen LogP contribution is -2.49. The van der Waals surface area contributed by atoms with E-state index in [-0.39, 0.29) is 0 Å². The van der Waals surface area contributed by atoms with E-state index in [1.165, 1.54) is 0 Å². The second-order valence-corrected chi connectivity index (χ2v) is 6.43. The summed E-state index contributed by atoms with van der Waals surface area (Å²) in [5.74, 6) is 0. The molecule has 19 heavy (non-hydrogen) atoms. The van der Waals surface area contributed by atoms with E-state index >= 15 is 0 Å². The predicted molar refractivity (Wildman–Crippen MR) is 79.7 cm³/mol. The molecule has 0 amide bonds. The summed E-state index contributed by atoms with van der Waals surface area (Å²) in [5.41, 5.74) is 1.11. The summed E-state index contributed by atoms with van der Waals surface area (Å²) < 4.78 is 5.83. The van der Waals surface area contributed by atoms with Crippen LogP contribution in [-0.2, 0) is 4.74 Å². The third-order valence-electron chi connectivity index (χ3n) is 3.56. The number of aryl methyl sites for hydroxylation is 1. The van der Waals surface area contributed by atoms with Crippen molar-refractivity contribution >= 4 is 11.3 Å². The molecule has 2 rings (SSSR count). The zero-order valence-electron chi connectivity index (χ0n) is 12.3. The lowest BCUT2D eigenvalue weighted by atomic mass is 10.2. The average Bonchev–Trinajstić information content (AvgIpc) is 2.83. The maximum atomic E-state index is 5.83. The van der Waals surface area contributed by atoms with Crippen LogP contribution in [0.5, 0.6) is 0 Å². The van der Waals surface area contributed by atoms with Gasteiger partial charge in [0.25, 0.3) is 0 Å². The molecule has 2 unspecified atom stereocenters. The molecule has 108 valence electrons. The van der Waals surface area contributed by atoms with Crippen molar-refractivity contribution in [2.75, 3.05) is 26.2 Å². The monoisotopic (exact) mass is 283 g/mol. The van der Waals surface area contributed by atoms with Crippen molar-refractivity contribution in [2.45, 2.75) is 45.9 Å². The van der Waals surface area contributed by atoms with Gasteiger partial charge in [-0.05, 0) is 27.7 Å². The van der Waals surface area contributed by atoms with Crippen molar-refractivity contribution in [3.63, 3.8) is 0 Å². The Bertz CT molecular complexity index is 394. The van der Waals surface area contributed by atoms with E-state index in [1.807, 2.05) is 6.92 Å². The number of rotatable bonds is 5. The maximum Gasteiger partial charge on any atom is 0.110 e. The highest BCUT2D eigenvalue weighted by Gasteiger charge is 2.22. The van der Waals surface area contributed by atoms with Crippen LogP contribution in [0, 0.1) is 6.92 Å². The van der Waals surface area contributed by atoms with E-state index < -0.39 is 0 Å². The van der Waals surface area contributed by atoms with Gasteiger partial charge in [-0.15, -0.1) is 11.3 Å². The van der Waals surface area contributed by atoms with Crippen LogP contribution in [-0.4, -0.2) is 48.3 Å². The van der Waals surface area contributed by atoms with Gasteiger partial charge < -0.3 is 10.1 Å². The molecule has 0 saturated carbocycles. The Labute approximate surface area is 120 Å². The van der Waals surface area contributed by atoms with Crippen LogP contribution in [0.1, 0.15) is 37.5 Å². The van der Waals surface area contributed by atoms with E-state index in [0.717, 1.165) is 36.9 Å². The summed E-state index contributed by atoms with van der Waals surface area (Å²) >= 11 is 1.72. The Kier molecular flexibility index (Phi) is 5.33. The Hall–Kier alpha value is -0.490. The van der Waals surface area contributed by atoms with Crippen LogP contribution in [0.4, 0.5) is 0 Å². The molecule has 0 spiro atoms. The first-order valence-corrected chi connectivity index (χ1v) is 7.95. The van der Waals surface area contributed by atoms with Crippen LogP contribution in [0.2, 0.25) is 0 Å². The fourth-order valence-corrected chi connectivity index (χ4v) is 3.13. The van der Waals surface area contributed by atoms with Crippen molar-refractivity contribution in [2.24, 2.45) is 0 Å². The molecule has 4 nitrogen and oxygen atoms in total. The third kappa shape index (κ3) is 4.24. The van der Waals surface area contributed by atoms with Crippen molar-refractivity contribution < 1.29 is 4.74 Å². The summed E-state index contributed by atoms with van der Waals surface area (Å²) in [7, 11) is 0. The molecular weight excluding hydrogens is 258 g/mol. The summed E-state index contributed by atoms with van der Waals surface area (Å²) in [4.78, 5) is 7.00. The van der Waals surface area contributed by atoms with E-state index in [2.05, 4.69) is 41.4 Å². The SMILES string of the molecule is Cc1csc(C(C)NCC2CN(C(C)C)CCO2)n1. The van der Waals surface area contributed by atoms with Gasteiger partial charge in [0.2, 0.25) is 0 Å². The summed E-state index contributed by atoms with van der Waals surface area (Å²) in [5, 5.41) is 6.80. The highest BCUT2D eigenvalue weighted by atomic mass is 32.1. The molecule has 1 aliphatic heterocycles. The van der Waals surface area contributed by atoms with Gasteiger partial charge in [0.05, 0.1) is 18.8 Å². The normalized spacial score (nSPS) is 22.9. The number of morpholine rings is 1. The zero-order valence-corrected chi connectivity index (χ0v) is 13.2. The number of nitrogens with one attached hydrogen (secondary N) is 1. The van der Waals surface area contributed by atoms with E-state index in [9.17, 15) is 0 Å². The quantitative estimate of drug-likeness (QED) is 0.899. The fourth-order valence-electron chi connectivity index (χ4n) is 2.30. The van der Waals surface area contributed by atoms with Gasteiger partial charge in [-0.1, -0.05) is 0 Å². The second-order valence-electron chi connectivity index (χ2n) is 5.54. The molecule has 1 saturated heterocycles. The molecule has 1 aliphatic rings. The minimum Gasteiger partial charge on any atom is -0.374 e. The number of hydrogen-bond acceptors (Lipinski definition) is 5. The molecule has 1 N–H and O–H groups in total. The Morgan fingerprint density at radius 1 is 1.53 bits per heavy atom. The summed E-state index contributed by atoms with van der Waals surface area (Å²) in [6.45, 7) is 12.5. The number of ether oxygens (including phenoxy) is 1. The van der Waals surface area contributed by atoms with Gasteiger partial charge in [-0.2, -0.15) is 0 Å². The first-order chi connectivity index (χ1) is 9.06. The third-order valence-corrected chi connectivity index (χ3v) is 4.70. The molecule has 5 heteroatoms. The smallest absolute Gasteiger partial charge is 0.110 e. The van der Waals surface area contributed by atoms with Gasteiger partial charge in [0, 0.05) is 36.8 Å². The lowest BCUT2D eigenvalue weighted by molar-refractivity contribution is -0.0379. The predicted octanol–water partition coefficient (Wildman–Crippen LogP) is 2.21. The standard InChI is InChI=1S/C14H25N3OS/c1-10(2)17-5-6-18-13(8-17)7-15-12(4)14-16-11(3)9-19-14/h9-10,12-13,15H,5-8H2,1-4H3. The van der Waals surface area contributed by atoms with Gasteiger partial charge in [-0.3, -0.25) is 4.90 Å². The minimum atomic E-state index is 0.291. The molecule has 0 aliphatic carbocycles.